The van der Waals surface area contributed by atoms with Gasteiger partial charge in [-0.25, -0.2) is 4.99 Å². The van der Waals surface area contributed by atoms with E-state index in [1.54, 1.807) is 11.8 Å². The van der Waals surface area contributed by atoms with Crippen LogP contribution < -0.4 is 4.90 Å². The molecule has 0 saturated carbocycles. The van der Waals surface area contributed by atoms with Gasteiger partial charge in [0.15, 0.2) is 0 Å². The molecular formula is C16H18N2OS. The molecular weight excluding hydrogens is 268 g/mol. The summed E-state index contributed by atoms with van der Waals surface area (Å²) in [6.07, 6.45) is 1.38. The van der Waals surface area contributed by atoms with Crippen LogP contribution in [0, 0.1) is 0 Å². The van der Waals surface area contributed by atoms with Gasteiger partial charge < -0.3 is 10.0 Å². The van der Waals surface area contributed by atoms with Crippen molar-refractivity contribution >= 4 is 28.8 Å². The summed E-state index contributed by atoms with van der Waals surface area (Å²) in [5, 5.41) is 10.1. The lowest BCUT2D eigenvalue weighted by Crippen LogP contribution is -2.20. The van der Waals surface area contributed by atoms with Crippen molar-refractivity contribution in [1.29, 1.82) is 0 Å². The highest BCUT2D eigenvalue weighted by Gasteiger charge is 2.27. The topological polar surface area (TPSA) is 35.8 Å². The van der Waals surface area contributed by atoms with E-state index in [0.717, 1.165) is 38.0 Å². The van der Waals surface area contributed by atoms with Crippen molar-refractivity contribution in [2.75, 3.05) is 19.0 Å². The van der Waals surface area contributed by atoms with Crippen LogP contribution in [-0.4, -0.2) is 31.0 Å². The summed E-state index contributed by atoms with van der Waals surface area (Å²) in [4.78, 5) is 9.11. The van der Waals surface area contributed by atoms with Crippen LogP contribution >= 0.6 is 11.8 Å². The highest BCUT2D eigenvalue weighted by molar-refractivity contribution is 8.04. The van der Waals surface area contributed by atoms with E-state index < -0.39 is 6.10 Å². The zero-order valence-corrected chi connectivity index (χ0v) is 13.0. The van der Waals surface area contributed by atoms with Gasteiger partial charge in [0.2, 0.25) is 0 Å². The van der Waals surface area contributed by atoms with Gasteiger partial charge in [0.1, 0.15) is 0 Å². The number of aliphatic hydroxyl groups excluding tert-OH is 1. The fourth-order valence-electron chi connectivity index (χ4n) is 2.39. The molecule has 1 aromatic rings. The average molecular weight is 286 g/mol. The standard InChI is InChI=1S/C16H18N2OS/c1-9-7-13(19)10(2)16-15(9)17-12-6-5-11(18(3)4)8-14(12)20-16/h5-8,13,19H,1-4H3. The Kier molecular flexibility index (Phi) is 3.22. The molecule has 1 N–H and O–H groups in total. The van der Waals surface area contributed by atoms with Gasteiger partial charge in [-0.05, 0) is 49.3 Å². The van der Waals surface area contributed by atoms with Gasteiger partial charge in [0.25, 0.3) is 0 Å². The van der Waals surface area contributed by atoms with E-state index in [4.69, 9.17) is 4.99 Å². The van der Waals surface area contributed by atoms with E-state index in [9.17, 15) is 5.11 Å². The van der Waals surface area contributed by atoms with Crippen molar-refractivity contribution in [3.05, 3.63) is 40.3 Å². The lowest BCUT2D eigenvalue weighted by atomic mass is 9.96. The number of hydrogen-bond donors (Lipinski definition) is 1. The maximum Gasteiger partial charge on any atom is 0.0950 e. The van der Waals surface area contributed by atoms with Crippen LogP contribution in [0.15, 0.2) is 50.2 Å². The Bertz CT molecular complexity index is 671. The van der Waals surface area contributed by atoms with Crippen LogP contribution in [0.1, 0.15) is 13.8 Å². The maximum atomic E-state index is 10.1. The normalized spacial score (nSPS) is 20.9. The summed E-state index contributed by atoms with van der Waals surface area (Å²) in [7, 11) is 4.07. The number of fused-ring (bicyclic) bond motifs is 2. The lowest BCUT2D eigenvalue weighted by molar-refractivity contribution is 0.257. The van der Waals surface area contributed by atoms with Crippen LogP contribution in [-0.2, 0) is 0 Å². The van der Waals surface area contributed by atoms with Gasteiger partial charge in [0, 0.05) is 29.6 Å². The monoisotopic (exact) mass is 286 g/mol. The first kappa shape index (κ1) is 13.5. The largest absolute Gasteiger partial charge is 0.385 e. The van der Waals surface area contributed by atoms with Crippen LogP contribution in [0.3, 0.4) is 0 Å². The van der Waals surface area contributed by atoms with Crippen LogP contribution in [0.2, 0.25) is 0 Å². The molecule has 0 spiro atoms. The number of rotatable bonds is 1. The molecule has 0 radical (unpaired) electrons. The highest BCUT2D eigenvalue weighted by atomic mass is 32.2. The molecule has 1 atom stereocenters. The first-order valence-corrected chi connectivity index (χ1v) is 7.45. The van der Waals surface area contributed by atoms with Crippen molar-refractivity contribution in [2.24, 2.45) is 4.99 Å². The SMILES string of the molecule is CC1=CC(O)C(C)=C2Sc3cc(N(C)C)ccc3N=C12. The van der Waals surface area contributed by atoms with E-state index in [2.05, 4.69) is 23.1 Å². The Morgan fingerprint density at radius 3 is 2.70 bits per heavy atom. The maximum absolute atomic E-state index is 10.1. The Labute approximate surface area is 123 Å². The molecule has 4 heteroatoms. The third-order valence-corrected chi connectivity index (χ3v) is 4.97. The fraction of sp³-hybridized carbons (Fsp3) is 0.312. The molecule has 0 fully saturated rings. The molecule has 3 rings (SSSR count). The van der Waals surface area contributed by atoms with Gasteiger partial charge in [-0.3, -0.25) is 0 Å². The molecule has 0 bridgehead atoms. The predicted octanol–water partition coefficient (Wildman–Crippen LogP) is 3.53. The molecule has 104 valence electrons. The summed E-state index contributed by atoms with van der Waals surface area (Å²) in [6, 6.07) is 6.30. The summed E-state index contributed by atoms with van der Waals surface area (Å²) in [5.74, 6) is 0. The molecule has 0 saturated heterocycles. The second kappa shape index (κ2) is 4.79. The molecule has 1 aliphatic heterocycles. The molecule has 1 aromatic carbocycles. The first-order chi connectivity index (χ1) is 9.47. The number of aliphatic imine (C=N–C) groups is 1. The number of aliphatic hydroxyl groups is 1. The van der Waals surface area contributed by atoms with Crippen LogP contribution in [0.25, 0.3) is 0 Å². The van der Waals surface area contributed by atoms with Gasteiger partial charge in [-0.1, -0.05) is 11.8 Å². The van der Waals surface area contributed by atoms with Crippen LogP contribution in [0.5, 0.6) is 0 Å². The minimum atomic E-state index is -0.491. The predicted molar refractivity (Wildman–Crippen MR) is 86.2 cm³/mol. The Morgan fingerprint density at radius 2 is 2.00 bits per heavy atom. The Balaban J connectivity index is 2.14. The fourth-order valence-corrected chi connectivity index (χ4v) is 3.60. The van der Waals surface area contributed by atoms with Crippen molar-refractivity contribution in [3.8, 4) is 0 Å². The second-order valence-corrected chi connectivity index (χ2v) is 6.47. The average Bonchev–Trinajstić information content (AvgIpc) is 2.42. The summed E-state index contributed by atoms with van der Waals surface area (Å²) in [6.45, 7) is 3.99. The minimum absolute atomic E-state index is 0.491. The molecule has 1 unspecified atom stereocenters. The number of allylic oxidation sites excluding steroid dienone is 2. The van der Waals surface area contributed by atoms with Crippen molar-refractivity contribution in [2.45, 2.75) is 24.8 Å². The van der Waals surface area contributed by atoms with E-state index >= 15 is 0 Å². The Morgan fingerprint density at radius 1 is 1.25 bits per heavy atom. The molecule has 1 heterocycles. The summed E-state index contributed by atoms with van der Waals surface area (Å²) in [5.41, 5.74) is 5.21. The number of benzene rings is 1. The smallest absolute Gasteiger partial charge is 0.0950 e. The first-order valence-electron chi connectivity index (χ1n) is 6.63. The molecule has 20 heavy (non-hydrogen) atoms. The molecule has 0 aromatic heterocycles. The van der Waals surface area contributed by atoms with E-state index in [0.29, 0.717) is 0 Å². The summed E-state index contributed by atoms with van der Waals surface area (Å²) < 4.78 is 0. The van der Waals surface area contributed by atoms with E-state index in [1.807, 2.05) is 34.0 Å². The van der Waals surface area contributed by atoms with Gasteiger partial charge in [-0.15, -0.1) is 0 Å². The number of nitrogens with zero attached hydrogens (tertiary/aromatic N) is 2. The zero-order valence-electron chi connectivity index (χ0n) is 12.1. The van der Waals surface area contributed by atoms with Gasteiger partial charge in [0.05, 0.1) is 17.5 Å². The molecule has 3 nitrogen and oxygen atoms in total. The summed E-state index contributed by atoms with van der Waals surface area (Å²) >= 11 is 1.71. The molecule has 1 aliphatic carbocycles. The van der Waals surface area contributed by atoms with E-state index in [1.165, 1.54) is 0 Å². The van der Waals surface area contributed by atoms with Crippen LogP contribution in [0.4, 0.5) is 11.4 Å². The molecule has 2 aliphatic rings. The third-order valence-electron chi connectivity index (χ3n) is 3.70. The quantitative estimate of drug-likeness (QED) is 0.858. The molecule has 0 amide bonds. The minimum Gasteiger partial charge on any atom is -0.385 e. The third kappa shape index (κ3) is 2.09. The van der Waals surface area contributed by atoms with Gasteiger partial charge in [-0.2, -0.15) is 0 Å². The highest BCUT2D eigenvalue weighted by Crippen LogP contribution is 2.46. The lowest BCUT2D eigenvalue weighted by Gasteiger charge is -2.27. The van der Waals surface area contributed by atoms with Crippen molar-refractivity contribution in [3.63, 3.8) is 0 Å². The van der Waals surface area contributed by atoms with Crippen molar-refractivity contribution in [1.82, 2.24) is 0 Å². The second-order valence-electron chi connectivity index (χ2n) is 5.42. The Hall–Kier alpha value is -1.52. The van der Waals surface area contributed by atoms with E-state index in [-0.39, 0.29) is 0 Å². The number of thioether (sulfide) groups is 1. The van der Waals surface area contributed by atoms with Crippen molar-refractivity contribution < 1.29 is 5.11 Å². The number of hydrogen-bond acceptors (Lipinski definition) is 4. The van der Waals surface area contributed by atoms with Gasteiger partial charge >= 0.3 is 0 Å². The zero-order chi connectivity index (χ0) is 14.4. The number of anilines is 1.